The Morgan fingerprint density at radius 1 is 1.20 bits per heavy atom. The molecule has 1 heterocycles. The number of aromatic nitrogens is 2. The number of carbonyl (C=O) groups excluding carboxylic acids is 1. The molecule has 0 fully saturated rings. The molecular formula is C20H16F4N4O2. The van der Waals surface area contributed by atoms with Gasteiger partial charge < -0.3 is 15.4 Å². The third kappa shape index (κ3) is 4.65. The molecule has 3 rings (SSSR count). The lowest BCUT2D eigenvalue weighted by atomic mass is 10.1. The number of anilines is 3. The van der Waals surface area contributed by atoms with Crippen LogP contribution in [-0.2, 0) is 11.0 Å². The summed E-state index contributed by atoms with van der Waals surface area (Å²) < 4.78 is 57.5. The highest BCUT2D eigenvalue weighted by Crippen LogP contribution is 2.35. The van der Waals surface area contributed by atoms with Crippen LogP contribution in [0.4, 0.5) is 34.8 Å². The molecule has 0 aliphatic rings. The van der Waals surface area contributed by atoms with E-state index in [2.05, 4.69) is 27.2 Å². The first-order valence-corrected chi connectivity index (χ1v) is 8.70. The van der Waals surface area contributed by atoms with Crippen LogP contribution in [0.3, 0.4) is 0 Å². The second-order valence-electron chi connectivity index (χ2n) is 6.08. The van der Waals surface area contributed by atoms with Crippen molar-refractivity contribution in [2.45, 2.75) is 13.1 Å². The van der Waals surface area contributed by atoms with Crippen molar-refractivity contribution in [2.75, 3.05) is 17.2 Å². The van der Waals surface area contributed by atoms with E-state index in [4.69, 9.17) is 4.74 Å². The van der Waals surface area contributed by atoms with Gasteiger partial charge in [0.2, 0.25) is 0 Å². The molecule has 0 atom stereocenters. The zero-order valence-corrected chi connectivity index (χ0v) is 15.7. The lowest BCUT2D eigenvalue weighted by Crippen LogP contribution is -2.12. The molecule has 0 aliphatic heterocycles. The number of alkyl halides is 3. The van der Waals surface area contributed by atoms with Crippen LogP contribution in [-0.4, -0.2) is 22.5 Å². The molecule has 30 heavy (non-hydrogen) atoms. The third-order valence-electron chi connectivity index (χ3n) is 3.98. The van der Waals surface area contributed by atoms with Crippen LogP contribution in [0.15, 0.2) is 55.1 Å². The summed E-state index contributed by atoms with van der Waals surface area (Å²) in [5.41, 5.74) is -0.129. The summed E-state index contributed by atoms with van der Waals surface area (Å²) in [6, 6.07) is 7.56. The number of fused-ring (bicyclic) bond motifs is 1. The van der Waals surface area contributed by atoms with Gasteiger partial charge in [-0.3, -0.25) is 4.79 Å². The van der Waals surface area contributed by atoms with E-state index in [1.54, 1.807) is 6.92 Å². The molecule has 0 aliphatic carbocycles. The SMILES string of the molecule is C=C(F)C(=O)Nc1cc2c(Nc3cccc(C(F)(F)F)c3)ncnc2cc1OCC. The molecule has 1 amide bonds. The normalized spacial score (nSPS) is 11.2. The lowest BCUT2D eigenvalue weighted by molar-refractivity contribution is -0.137. The van der Waals surface area contributed by atoms with Gasteiger partial charge in [-0.15, -0.1) is 0 Å². The fraction of sp³-hybridized carbons (Fsp3) is 0.150. The first kappa shape index (κ1) is 21.0. The van der Waals surface area contributed by atoms with Crippen molar-refractivity contribution in [2.24, 2.45) is 0 Å². The number of benzene rings is 2. The van der Waals surface area contributed by atoms with Gasteiger partial charge in [0.1, 0.15) is 17.9 Å². The first-order valence-electron chi connectivity index (χ1n) is 8.70. The molecule has 0 saturated carbocycles. The Morgan fingerprint density at radius 2 is 1.97 bits per heavy atom. The van der Waals surface area contributed by atoms with Gasteiger partial charge in [0.05, 0.1) is 23.4 Å². The Kier molecular flexibility index (Phi) is 5.86. The molecule has 1 aromatic heterocycles. The van der Waals surface area contributed by atoms with E-state index in [1.807, 2.05) is 0 Å². The number of hydrogen-bond acceptors (Lipinski definition) is 5. The van der Waals surface area contributed by atoms with E-state index >= 15 is 0 Å². The Hall–Kier alpha value is -3.69. The minimum atomic E-state index is -4.50. The number of halogens is 4. The van der Waals surface area contributed by atoms with Crippen LogP contribution in [0.2, 0.25) is 0 Å². The minimum Gasteiger partial charge on any atom is -0.492 e. The fourth-order valence-electron chi connectivity index (χ4n) is 2.66. The zero-order chi connectivity index (χ0) is 21.9. The maximum atomic E-state index is 13.1. The molecule has 156 valence electrons. The Morgan fingerprint density at radius 3 is 2.63 bits per heavy atom. The van der Waals surface area contributed by atoms with E-state index in [-0.39, 0.29) is 29.5 Å². The van der Waals surface area contributed by atoms with Gasteiger partial charge in [-0.25, -0.2) is 14.4 Å². The van der Waals surface area contributed by atoms with Gasteiger partial charge in [0.15, 0.2) is 5.83 Å². The Bertz CT molecular complexity index is 1120. The van der Waals surface area contributed by atoms with E-state index in [1.165, 1.54) is 30.6 Å². The van der Waals surface area contributed by atoms with Crippen molar-refractivity contribution >= 4 is 34.0 Å². The summed E-state index contributed by atoms with van der Waals surface area (Å²) in [7, 11) is 0. The maximum absolute atomic E-state index is 13.1. The lowest BCUT2D eigenvalue weighted by Gasteiger charge is -2.15. The van der Waals surface area contributed by atoms with Gasteiger partial charge in [0.25, 0.3) is 5.91 Å². The molecule has 0 unspecified atom stereocenters. The molecule has 6 nitrogen and oxygen atoms in total. The molecule has 10 heteroatoms. The van der Waals surface area contributed by atoms with E-state index in [0.717, 1.165) is 12.1 Å². The van der Waals surface area contributed by atoms with Gasteiger partial charge >= 0.3 is 6.18 Å². The number of hydrogen-bond donors (Lipinski definition) is 2. The fourth-order valence-corrected chi connectivity index (χ4v) is 2.66. The Balaban J connectivity index is 2.05. The van der Waals surface area contributed by atoms with Crippen LogP contribution in [0.5, 0.6) is 5.75 Å². The highest BCUT2D eigenvalue weighted by Gasteiger charge is 2.30. The first-order chi connectivity index (χ1) is 14.2. The number of amides is 1. The molecule has 0 spiro atoms. The van der Waals surface area contributed by atoms with Crippen LogP contribution < -0.4 is 15.4 Å². The average molecular weight is 420 g/mol. The predicted molar refractivity (Wildman–Crippen MR) is 104 cm³/mol. The summed E-state index contributed by atoms with van der Waals surface area (Å²) in [6.45, 7) is 4.94. The van der Waals surface area contributed by atoms with E-state index in [9.17, 15) is 22.4 Å². The van der Waals surface area contributed by atoms with Gasteiger partial charge in [-0.05, 0) is 31.2 Å². The largest absolute Gasteiger partial charge is 0.492 e. The highest BCUT2D eigenvalue weighted by molar-refractivity contribution is 6.05. The summed E-state index contributed by atoms with van der Waals surface area (Å²) in [4.78, 5) is 19.9. The van der Waals surface area contributed by atoms with Crippen LogP contribution in [0, 0.1) is 0 Å². The number of rotatable bonds is 6. The van der Waals surface area contributed by atoms with Crippen molar-refractivity contribution in [3.8, 4) is 5.75 Å². The standard InChI is InChI=1S/C20H16F4N4O2/c1-3-30-17-9-15-14(8-16(17)28-19(29)11(2)21)18(26-10-25-15)27-13-6-4-5-12(7-13)20(22,23)24/h4-10H,2-3H2,1H3,(H,28,29)(H,25,26,27). The minimum absolute atomic E-state index is 0.134. The van der Waals surface area contributed by atoms with Crippen molar-refractivity contribution in [3.05, 3.63) is 60.7 Å². The number of ether oxygens (including phenoxy) is 1. The topological polar surface area (TPSA) is 76.1 Å². The monoisotopic (exact) mass is 420 g/mol. The summed E-state index contributed by atoms with van der Waals surface area (Å²) in [5, 5.41) is 5.53. The van der Waals surface area contributed by atoms with Crippen molar-refractivity contribution in [3.63, 3.8) is 0 Å². The number of nitrogens with zero attached hydrogens (tertiary/aromatic N) is 2. The molecule has 2 aromatic carbocycles. The molecule has 0 saturated heterocycles. The second kappa shape index (κ2) is 8.36. The maximum Gasteiger partial charge on any atom is 0.416 e. The summed E-state index contributed by atoms with van der Waals surface area (Å²) >= 11 is 0. The average Bonchev–Trinajstić information content (AvgIpc) is 2.68. The summed E-state index contributed by atoms with van der Waals surface area (Å²) in [5.74, 6) is -1.82. The predicted octanol–water partition coefficient (Wildman–Crippen LogP) is 5.21. The van der Waals surface area contributed by atoms with Crippen molar-refractivity contribution < 1.29 is 27.1 Å². The molecule has 0 radical (unpaired) electrons. The molecule has 0 bridgehead atoms. The van der Waals surface area contributed by atoms with Crippen molar-refractivity contribution in [1.29, 1.82) is 0 Å². The van der Waals surface area contributed by atoms with Crippen molar-refractivity contribution in [1.82, 2.24) is 9.97 Å². The smallest absolute Gasteiger partial charge is 0.416 e. The van der Waals surface area contributed by atoms with Crippen LogP contribution in [0.1, 0.15) is 12.5 Å². The van der Waals surface area contributed by atoms with Gasteiger partial charge in [-0.2, -0.15) is 13.2 Å². The van der Waals surface area contributed by atoms with Crippen LogP contribution in [0.25, 0.3) is 10.9 Å². The van der Waals surface area contributed by atoms with Crippen LogP contribution >= 0.6 is 0 Å². The van der Waals surface area contributed by atoms with E-state index < -0.39 is 23.5 Å². The summed E-state index contributed by atoms with van der Waals surface area (Å²) in [6.07, 6.45) is -3.26. The Labute approximate surface area is 168 Å². The number of carbonyl (C=O) groups is 1. The van der Waals surface area contributed by atoms with Gasteiger partial charge in [0, 0.05) is 17.1 Å². The molecular weight excluding hydrogens is 404 g/mol. The van der Waals surface area contributed by atoms with E-state index in [0.29, 0.717) is 10.9 Å². The second-order valence-corrected chi connectivity index (χ2v) is 6.08. The van der Waals surface area contributed by atoms with Gasteiger partial charge in [-0.1, -0.05) is 12.6 Å². The number of nitrogens with one attached hydrogen (secondary N) is 2. The molecule has 2 N–H and O–H groups in total. The quantitative estimate of drug-likeness (QED) is 0.423. The zero-order valence-electron chi connectivity index (χ0n) is 15.7. The highest BCUT2D eigenvalue weighted by atomic mass is 19.4. The third-order valence-corrected chi connectivity index (χ3v) is 3.98. The molecule has 3 aromatic rings.